The highest BCUT2D eigenvalue weighted by molar-refractivity contribution is 5.05. The van der Waals surface area contributed by atoms with Crippen molar-refractivity contribution in [2.45, 2.75) is 71.8 Å². The molecule has 2 N–H and O–H groups in total. The quantitative estimate of drug-likeness (QED) is 0.909. The van der Waals surface area contributed by atoms with E-state index in [1.165, 1.54) is 19.3 Å². The fourth-order valence-electron chi connectivity index (χ4n) is 2.82. The van der Waals surface area contributed by atoms with Crippen LogP contribution >= 0.6 is 0 Å². The van der Waals surface area contributed by atoms with Gasteiger partial charge in [-0.2, -0.15) is 4.98 Å². The van der Waals surface area contributed by atoms with Crippen LogP contribution < -0.4 is 5.73 Å². The van der Waals surface area contributed by atoms with Crippen LogP contribution in [0.3, 0.4) is 0 Å². The van der Waals surface area contributed by atoms with Gasteiger partial charge in [0.15, 0.2) is 5.82 Å². The second kappa shape index (κ2) is 5.23. The predicted molar refractivity (Wildman–Crippen MR) is 75.6 cm³/mol. The molecule has 0 saturated heterocycles. The van der Waals surface area contributed by atoms with Crippen LogP contribution in [0.4, 0.5) is 0 Å². The van der Waals surface area contributed by atoms with Gasteiger partial charge in [0.2, 0.25) is 5.89 Å². The molecule has 108 valence electrons. The third-order valence-electron chi connectivity index (χ3n) is 4.16. The SMILES string of the molecule is CCC1CCC(N)(c2nc(CC(C)(C)C)no2)CC1. The maximum absolute atomic E-state index is 6.48. The first-order valence-corrected chi connectivity index (χ1v) is 7.44. The second-order valence-electron chi connectivity index (χ2n) is 7.26. The van der Waals surface area contributed by atoms with E-state index in [1.54, 1.807) is 0 Å². The lowest BCUT2D eigenvalue weighted by atomic mass is 9.76. The molecule has 2 rings (SSSR count). The zero-order chi connectivity index (χ0) is 14.1. The summed E-state index contributed by atoms with van der Waals surface area (Å²) in [6.07, 6.45) is 6.33. The first-order chi connectivity index (χ1) is 8.82. The Balaban J connectivity index is 2.06. The Labute approximate surface area is 116 Å². The van der Waals surface area contributed by atoms with Gasteiger partial charge in [-0.1, -0.05) is 39.3 Å². The van der Waals surface area contributed by atoms with Crippen molar-refractivity contribution >= 4 is 0 Å². The molecule has 1 aromatic rings. The summed E-state index contributed by atoms with van der Waals surface area (Å²) in [6.45, 7) is 8.78. The topological polar surface area (TPSA) is 64.9 Å². The summed E-state index contributed by atoms with van der Waals surface area (Å²) < 4.78 is 5.44. The molecule has 1 fully saturated rings. The number of hydrogen-bond donors (Lipinski definition) is 1. The van der Waals surface area contributed by atoms with Crippen molar-refractivity contribution in [1.29, 1.82) is 0 Å². The molecule has 0 radical (unpaired) electrons. The van der Waals surface area contributed by atoms with Crippen molar-refractivity contribution in [2.75, 3.05) is 0 Å². The van der Waals surface area contributed by atoms with Crippen LogP contribution in [-0.2, 0) is 12.0 Å². The second-order valence-corrected chi connectivity index (χ2v) is 7.26. The average molecular weight is 265 g/mol. The molecule has 4 nitrogen and oxygen atoms in total. The number of aromatic nitrogens is 2. The number of nitrogens with two attached hydrogens (primary N) is 1. The molecular weight excluding hydrogens is 238 g/mol. The van der Waals surface area contributed by atoms with Gasteiger partial charge in [-0.3, -0.25) is 0 Å². The van der Waals surface area contributed by atoms with Crippen LogP contribution in [0.5, 0.6) is 0 Å². The summed E-state index contributed by atoms with van der Waals surface area (Å²) in [5, 5.41) is 4.10. The summed E-state index contributed by atoms with van der Waals surface area (Å²) in [4.78, 5) is 4.54. The standard InChI is InChI=1S/C15H27N3O/c1-5-11-6-8-15(16,9-7-11)13-17-12(18-19-13)10-14(2,3)4/h11H,5-10,16H2,1-4H3. The Kier molecular flexibility index (Phi) is 4.00. The first kappa shape index (κ1) is 14.5. The number of nitrogens with zero attached hydrogens (tertiary/aromatic N) is 2. The van der Waals surface area contributed by atoms with Gasteiger partial charge in [0.1, 0.15) is 0 Å². The molecule has 1 heterocycles. The molecular formula is C15H27N3O. The smallest absolute Gasteiger partial charge is 0.246 e. The van der Waals surface area contributed by atoms with Crippen LogP contribution in [0.15, 0.2) is 4.52 Å². The van der Waals surface area contributed by atoms with Crippen molar-refractivity contribution in [3.05, 3.63) is 11.7 Å². The monoisotopic (exact) mass is 265 g/mol. The van der Waals surface area contributed by atoms with Crippen molar-refractivity contribution in [3.8, 4) is 0 Å². The van der Waals surface area contributed by atoms with E-state index in [0.717, 1.165) is 31.0 Å². The summed E-state index contributed by atoms with van der Waals surface area (Å²) >= 11 is 0. The van der Waals surface area contributed by atoms with E-state index in [1.807, 2.05) is 0 Å². The molecule has 0 aromatic carbocycles. The summed E-state index contributed by atoms with van der Waals surface area (Å²) in [7, 11) is 0. The highest BCUT2D eigenvalue weighted by Crippen LogP contribution is 2.38. The van der Waals surface area contributed by atoms with Gasteiger partial charge >= 0.3 is 0 Å². The average Bonchev–Trinajstić information content (AvgIpc) is 2.77. The van der Waals surface area contributed by atoms with Crippen molar-refractivity contribution in [2.24, 2.45) is 17.1 Å². The largest absolute Gasteiger partial charge is 0.337 e. The van der Waals surface area contributed by atoms with Gasteiger partial charge in [-0.05, 0) is 37.0 Å². The molecule has 1 saturated carbocycles. The lowest BCUT2D eigenvalue weighted by Gasteiger charge is -2.33. The van der Waals surface area contributed by atoms with E-state index in [2.05, 4.69) is 37.8 Å². The Bertz CT molecular complexity index is 411. The highest BCUT2D eigenvalue weighted by Gasteiger charge is 2.37. The van der Waals surface area contributed by atoms with Gasteiger partial charge < -0.3 is 10.3 Å². The van der Waals surface area contributed by atoms with E-state index in [0.29, 0.717) is 5.89 Å². The van der Waals surface area contributed by atoms with Crippen LogP contribution in [0, 0.1) is 11.3 Å². The van der Waals surface area contributed by atoms with Gasteiger partial charge in [-0.15, -0.1) is 0 Å². The van der Waals surface area contributed by atoms with E-state index in [4.69, 9.17) is 10.3 Å². The maximum Gasteiger partial charge on any atom is 0.246 e. The van der Waals surface area contributed by atoms with Gasteiger partial charge in [0.25, 0.3) is 0 Å². The third-order valence-corrected chi connectivity index (χ3v) is 4.16. The minimum atomic E-state index is -0.394. The number of rotatable bonds is 3. The lowest BCUT2D eigenvalue weighted by Crippen LogP contribution is -2.40. The zero-order valence-corrected chi connectivity index (χ0v) is 12.7. The first-order valence-electron chi connectivity index (χ1n) is 7.44. The third kappa shape index (κ3) is 3.56. The predicted octanol–water partition coefficient (Wildman–Crippen LogP) is 3.41. The van der Waals surface area contributed by atoms with E-state index < -0.39 is 5.54 Å². The Hall–Kier alpha value is -0.900. The van der Waals surface area contributed by atoms with Gasteiger partial charge in [0, 0.05) is 6.42 Å². The lowest BCUT2D eigenvalue weighted by molar-refractivity contribution is 0.181. The molecule has 0 bridgehead atoms. The Morgan fingerprint density at radius 1 is 1.32 bits per heavy atom. The fraction of sp³-hybridized carbons (Fsp3) is 0.867. The minimum absolute atomic E-state index is 0.169. The molecule has 1 aliphatic carbocycles. The van der Waals surface area contributed by atoms with Crippen LogP contribution in [0.1, 0.15) is 71.5 Å². The summed E-state index contributed by atoms with van der Waals surface area (Å²) in [5.74, 6) is 2.24. The van der Waals surface area contributed by atoms with Gasteiger partial charge in [0.05, 0.1) is 5.54 Å². The molecule has 0 unspecified atom stereocenters. The van der Waals surface area contributed by atoms with Crippen molar-refractivity contribution in [3.63, 3.8) is 0 Å². The molecule has 0 spiro atoms. The minimum Gasteiger partial charge on any atom is -0.337 e. The van der Waals surface area contributed by atoms with E-state index >= 15 is 0 Å². The highest BCUT2D eigenvalue weighted by atomic mass is 16.5. The molecule has 1 aromatic heterocycles. The van der Waals surface area contributed by atoms with Crippen molar-refractivity contribution in [1.82, 2.24) is 10.1 Å². The maximum atomic E-state index is 6.48. The molecule has 0 aliphatic heterocycles. The molecule has 19 heavy (non-hydrogen) atoms. The van der Waals surface area contributed by atoms with Crippen molar-refractivity contribution < 1.29 is 4.52 Å². The van der Waals surface area contributed by atoms with Crippen LogP contribution in [-0.4, -0.2) is 10.1 Å². The van der Waals surface area contributed by atoms with Gasteiger partial charge in [-0.25, -0.2) is 0 Å². The van der Waals surface area contributed by atoms with E-state index in [9.17, 15) is 0 Å². The Morgan fingerprint density at radius 3 is 2.47 bits per heavy atom. The van der Waals surface area contributed by atoms with Crippen LogP contribution in [0.25, 0.3) is 0 Å². The normalized spacial score (nSPS) is 28.6. The fourth-order valence-corrected chi connectivity index (χ4v) is 2.82. The van der Waals surface area contributed by atoms with E-state index in [-0.39, 0.29) is 5.41 Å². The Morgan fingerprint density at radius 2 is 1.95 bits per heavy atom. The summed E-state index contributed by atoms with van der Waals surface area (Å²) in [5.41, 5.74) is 6.25. The molecule has 0 amide bonds. The number of hydrogen-bond acceptors (Lipinski definition) is 4. The van der Waals surface area contributed by atoms with Crippen LogP contribution in [0.2, 0.25) is 0 Å². The molecule has 0 atom stereocenters. The molecule has 4 heteroatoms. The molecule has 1 aliphatic rings. The summed E-state index contributed by atoms with van der Waals surface area (Å²) in [6, 6.07) is 0. The zero-order valence-electron chi connectivity index (χ0n) is 12.7.